The molecule has 0 aromatic heterocycles. The Balaban J connectivity index is 2.19. The lowest BCUT2D eigenvalue weighted by atomic mass is 10.1. The second kappa shape index (κ2) is 6.75. The Bertz CT molecular complexity index is 473. The smallest absolute Gasteiger partial charge is 0.257 e. The Morgan fingerprint density at radius 1 is 1.50 bits per heavy atom. The maximum Gasteiger partial charge on any atom is 0.257 e. The van der Waals surface area contributed by atoms with Crippen LogP contribution < -0.4 is 4.74 Å². The van der Waals surface area contributed by atoms with Gasteiger partial charge in [-0.2, -0.15) is 0 Å². The number of amides is 1. The predicted molar refractivity (Wildman–Crippen MR) is 78.1 cm³/mol. The van der Waals surface area contributed by atoms with Crippen LogP contribution in [-0.4, -0.2) is 42.2 Å². The molecular weight excluding hydrogens is 254 g/mol. The molecule has 20 heavy (non-hydrogen) atoms. The lowest BCUT2D eigenvalue weighted by Crippen LogP contribution is -2.35. The van der Waals surface area contributed by atoms with E-state index in [-0.39, 0.29) is 18.6 Å². The summed E-state index contributed by atoms with van der Waals surface area (Å²) in [6.45, 7) is 2.96. The summed E-state index contributed by atoms with van der Waals surface area (Å²) in [7, 11) is 1.59. The lowest BCUT2D eigenvalue weighted by molar-refractivity contribution is 0.0721. The molecule has 0 saturated carbocycles. The van der Waals surface area contributed by atoms with Gasteiger partial charge in [-0.1, -0.05) is 11.6 Å². The van der Waals surface area contributed by atoms with Gasteiger partial charge in [-0.15, -0.1) is 0 Å². The van der Waals surface area contributed by atoms with Crippen molar-refractivity contribution in [1.82, 2.24) is 4.90 Å². The van der Waals surface area contributed by atoms with Gasteiger partial charge in [0.15, 0.2) is 0 Å². The summed E-state index contributed by atoms with van der Waals surface area (Å²) in [5.41, 5.74) is 1.70. The molecule has 1 saturated heterocycles. The number of ether oxygens (including phenoxy) is 1. The summed E-state index contributed by atoms with van der Waals surface area (Å²) < 4.78 is 5.31. The van der Waals surface area contributed by atoms with Gasteiger partial charge >= 0.3 is 0 Å². The van der Waals surface area contributed by atoms with Crippen molar-refractivity contribution in [3.8, 4) is 5.75 Å². The van der Waals surface area contributed by atoms with E-state index >= 15 is 0 Å². The van der Waals surface area contributed by atoms with Crippen molar-refractivity contribution in [2.75, 3.05) is 20.3 Å². The third-order valence-electron chi connectivity index (χ3n) is 3.92. The predicted octanol–water partition coefficient (Wildman–Crippen LogP) is 2.38. The maximum atomic E-state index is 12.7. The standard InChI is InChI=1S/C16H23NO3/c1-12-7-8-15(20-2)14(11-12)16(19)17-9-3-5-13(17)6-4-10-18/h7-8,11,13,18H,3-6,9-10H2,1-2H3. The Hall–Kier alpha value is -1.55. The molecule has 110 valence electrons. The molecule has 1 atom stereocenters. The van der Waals surface area contributed by atoms with Crippen molar-refractivity contribution in [1.29, 1.82) is 0 Å². The van der Waals surface area contributed by atoms with Crippen molar-refractivity contribution in [2.24, 2.45) is 0 Å². The molecule has 1 unspecified atom stereocenters. The summed E-state index contributed by atoms with van der Waals surface area (Å²) in [6.07, 6.45) is 3.69. The van der Waals surface area contributed by atoms with Crippen LogP contribution in [0.25, 0.3) is 0 Å². The van der Waals surface area contributed by atoms with Crippen LogP contribution in [0, 0.1) is 6.92 Å². The Kier molecular flexibility index (Phi) is 5.01. The summed E-state index contributed by atoms with van der Waals surface area (Å²) in [5.74, 6) is 0.680. The Morgan fingerprint density at radius 2 is 2.30 bits per heavy atom. The number of aliphatic hydroxyl groups excluding tert-OH is 1. The number of hydrogen-bond donors (Lipinski definition) is 1. The molecule has 1 aliphatic heterocycles. The Morgan fingerprint density at radius 3 is 3.00 bits per heavy atom. The van der Waals surface area contributed by atoms with E-state index in [2.05, 4.69) is 0 Å². The van der Waals surface area contributed by atoms with Crippen LogP contribution in [0.5, 0.6) is 5.75 Å². The van der Waals surface area contributed by atoms with Crippen LogP contribution >= 0.6 is 0 Å². The fraction of sp³-hybridized carbons (Fsp3) is 0.562. The first-order valence-corrected chi connectivity index (χ1v) is 7.24. The number of aryl methyl sites for hydroxylation is 1. The zero-order valence-electron chi connectivity index (χ0n) is 12.3. The Labute approximate surface area is 120 Å². The molecule has 1 aromatic carbocycles. The summed E-state index contributed by atoms with van der Waals surface area (Å²) in [4.78, 5) is 14.7. The van der Waals surface area contributed by atoms with Gasteiger partial charge in [0, 0.05) is 19.2 Å². The summed E-state index contributed by atoms with van der Waals surface area (Å²) in [6, 6.07) is 5.94. The highest BCUT2D eigenvalue weighted by Gasteiger charge is 2.30. The summed E-state index contributed by atoms with van der Waals surface area (Å²) >= 11 is 0. The van der Waals surface area contributed by atoms with Gasteiger partial charge in [0.2, 0.25) is 0 Å². The normalized spacial score (nSPS) is 18.4. The minimum Gasteiger partial charge on any atom is -0.496 e. The van der Waals surface area contributed by atoms with E-state index in [1.165, 1.54) is 0 Å². The molecule has 4 nitrogen and oxygen atoms in total. The molecule has 1 amide bonds. The minimum atomic E-state index is 0.0472. The average Bonchev–Trinajstić information content (AvgIpc) is 2.92. The average molecular weight is 277 g/mol. The number of methoxy groups -OCH3 is 1. The van der Waals surface area contributed by atoms with E-state index in [0.717, 1.165) is 37.8 Å². The van der Waals surface area contributed by atoms with Gasteiger partial charge in [-0.25, -0.2) is 0 Å². The van der Waals surface area contributed by atoms with Crippen molar-refractivity contribution >= 4 is 5.91 Å². The monoisotopic (exact) mass is 277 g/mol. The number of carbonyl (C=O) groups excluding carboxylic acids is 1. The van der Waals surface area contributed by atoms with Crippen LogP contribution in [0.3, 0.4) is 0 Å². The van der Waals surface area contributed by atoms with Crippen LogP contribution in [0.4, 0.5) is 0 Å². The van der Waals surface area contributed by atoms with E-state index in [0.29, 0.717) is 11.3 Å². The molecule has 0 spiro atoms. The molecule has 1 aliphatic rings. The van der Waals surface area contributed by atoms with Gasteiger partial charge in [-0.3, -0.25) is 4.79 Å². The van der Waals surface area contributed by atoms with Crippen LogP contribution in [0.2, 0.25) is 0 Å². The second-order valence-corrected chi connectivity index (χ2v) is 5.36. The quantitative estimate of drug-likeness (QED) is 0.899. The first kappa shape index (κ1) is 14.9. The fourth-order valence-electron chi connectivity index (χ4n) is 2.87. The van der Waals surface area contributed by atoms with Crippen molar-refractivity contribution in [3.05, 3.63) is 29.3 Å². The van der Waals surface area contributed by atoms with Gasteiger partial charge in [0.1, 0.15) is 5.75 Å². The topological polar surface area (TPSA) is 49.8 Å². The number of nitrogens with zero attached hydrogens (tertiary/aromatic N) is 1. The molecule has 0 aliphatic carbocycles. The van der Waals surface area contributed by atoms with E-state index < -0.39 is 0 Å². The highest BCUT2D eigenvalue weighted by molar-refractivity contribution is 5.97. The summed E-state index contributed by atoms with van der Waals surface area (Å²) in [5, 5.41) is 8.96. The number of benzene rings is 1. The molecule has 1 fully saturated rings. The largest absolute Gasteiger partial charge is 0.496 e. The molecule has 1 heterocycles. The zero-order chi connectivity index (χ0) is 14.5. The fourth-order valence-corrected chi connectivity index (χ4v) is 2.87. The highest BCUT2D eigenvalue weighted by atomic mass is 16.5. The van der Waals surface area contributed by atoms with E-state index in [9.17, 15) is 4.79 Å². The molecule has 0 bridgehead atoms. The lowest BCUT2D eigenvalue weighted by Gasteiger charge is -2.25. The molecule has 1 N–H and O–H groups in total. The van der Waals surface area contributed by atoms with Gasteiger partial charge in [0.05, 0.1) is 12.7 Å². The zero-order valence-corrected chi connectivity index (χ0v) is 12.3. The third-order valence-corrected chi connectivity index (χ3v) is 3.92. The van der Waals surface area contributed by atoms with Crippen molar-refractivity contribution in [2.45, 2.75) is 38.6 Å². The minimum absolute atomic E-state index is 0.0472. The number of rotatable bonds is 5. The SMILES string of the molecule is COc1ccc(C)cc1C(=O)N1CCCC1CCCO. The van der Waals surface area contributed by atoms with E-state index in [1.54, 1.807) is 7.11 Å². The number of aliphatic hydroxyl groups is 1. The van der Waals surface area contributed by atoms with E-state index in [4.69, 9.17) is 9.84 Å². The first-order chi connectivity index (χ1) is 9.67. The second-order valence-electron chi connectivity index (χ2n) is 5.36. The number of carbonyl (C=O) groups is 1. The van der Waals surface area contributed by atoms with Gasteiger partial charge < -0.3 is 14.7 Å². The van der Waals surface area contributed by atoms with Crippen LogP contribution in [-0.2, 0) is 0 Å². The van der Waals surface area contributed by atoms with Gasteiger partial charge in [-0.05, 0) is 44.7 Å². The van der Waals surface area contributed by atoms with Crippen molar-refractivity contribution in [3.63, 3.8) is 0 Å². The highest BCUT2D eigenvalue weighted by Crippen LogP contribution is 2.27. The maximum absolute atomic E-state index is 12.7. The molecule has 4 heteroatoms. The molecular formula is C16H23NO3. The number of hydrogen-bond acceptors (Lipinski definition) is 3. The van der Waals surface area contributed by atoms with Crippen LogP contribution in [0.15, 0.2) is 18.2 Å². The van der Waals surface area contributed by atoms with E-state index in [1.807, 2.05) is 30.0 Å². The number of likely N-dealkylation sites (tertiary alicyclic amines) is 1. The first-order valence-electron chi connectivity index (χ1n) is 7.24. The molecule has 2 rings (SSSR count). The van der Waals surface area contributed by atoms with Crippen molar-refractivity contribution < 1.29 is 14.6 Å². The molecule has 0 radical (unpaired) electrons. The third kappa shape index (κ3) is 3.12. The van der Waals surface area contributed by atoms with Gasteiger partial charge in [0.25, 0.3) is 5.91 Å². The molecule has 1 aromatic rings. The van der Waals surface area contributed by atoms with Crippen LogP contribution in [0.1, 0.15) is 41.6 Å².